The number of alkyl halides is 3. The monoisotopic (exact) mass is 288 g/mol. The highest BCUT2D eigenvalue weighted by molar-refractivity contribution is 7.83. The topological polar surface area (TPSA) is 52.9 Å². The van der Waals surface area contributed by atoms with Gasteiger partial charge >= 0.3 is 6.18 Å². The van der Waals surface area contributed by atoms with Crippen molar-refractivity contribution in [3.05, 3.63) is 29.3 Å². The van der Waals surface area contributed by atoms with Crippen LogP contribution in [0.2, 0.25) is 0 Å². The Morgan fingerprint density at radius 2 is 2.05 bits per heavy atom. The van der Waals surface area contributed by atoms with Gasteiger partial charge in [0.2, 0.25) is 0 Å². The molecule has 0 saturated heterocycles. The number of nitriles is 1. The van der Waals surface area contributed by atoms with Crippen molar-refractivity contribution in [3.8, 4) is 6.07 Å². The second-order valence-electron chi connectivity index (χ2n) is 4.56. The molecular formula is C12H11F3N2OS. The van der Waals surface area contributed by atoms with E-state index < -0.39 is 28.3 Å². The molecule has 0 aromatic heterocycles. The van der Waals surface area contributed by atoms with Gasteiger partial charge in [-0.2, -0.15) is 18.4 Å². The SMILES string of the molecule is Cc1ccc(S(=O)NC2(C#N)CC2)c(C(F)(F)F)c1. The van der Waals surface area contributed by atoms with E-state index in [2.05, 4.69) is 4.72 Å². The molecule has 1 aliphatic carbocycles. The fraction of sp³-hybridized carbons (Fsp3) is 0.417. The van der Waals surface area contributed by atoms with Crippen LogP contribution in [-0.2, 0) is 17.2 Å². The minimum Gasteiger partial charge on any atom is -0.237 e. The second kappa shape index (κ2) is 4.62. The van der Waals surface area contributed by atoms with Crippen LogP contribution in [0.4, 0.5) is 13.2 Å². The molecule has 0 radical (unpaired) electrons. The van der Waals surface area contributed by atoms with E-state index in [4.69, 9.17) is 5.26 Å². The Morgan fingerprint density at radius 3 is 2.53 bits per heavy atom. The summed E-state index contributed by atoms with van der Waals surface area (Å²) in [4.78, 5) is -0.334. The summed E-state index contributed by atoms with van der Waals surface area (Å²) in [6.07, 6.45) is -3.56. The van der Waals surface area contributed by atoms with Crippen LogP contribution in [0.3, 0.4) is 0 Å². The molecule has 7 heteroatoms. The molecule has 19 heavy (non-hydrogen) atoms. The standard InChI is InChI=1S/C12H11F3N2OS/c1-8-2-3-10(9(6-8)12(13,14)15)19(18)17-11(7-16)4-5-11/h2-3,6,17H,4-5H2,1H3. The fourth-order valence-corrected chi connectivity index (χ4v) is 2.90. The van der Waals surface area contributed by atoms with Gasteiger partial charge in [0.05, 0.1) is 16.5 Å². The van der Waals surface area contributed by atoms with Gasteiger partial charge in [-0.25, -0.2) is 8.93 Å². The first-order valence-corrected chi connectivity index (χ1v) is 6.71. The smallest absolute Gasteiger partial charge is 0.237 e. The predicted molar refractivity (Wildman–Crippen MR) is 63.3 cm³/mol. The number of aryl methyl sites for hydroxylation is 1. The average Bonchev–Trinajstić information content (AvgIpc) is 3.08. The van der Waals surface area contributed by atoms with Crippen molar-refractivity contribution < 1.29 is 17.4 Å². The highest BCUT2D eigenvalue weighted by Gasteiger charge is 2.45. The lowest BCUT2D eigenvalue weighted by Gasteiger charge is -2.15. The molecule has 102 valence electrons. The Balaban J connectivity index is 2.35. The van der Waals surface area contributed by atoms with E-state index in [9.17, 15) is 17.4 Å². The number of hydrogen-bond donors (Lipinski definition) is 1. The van der Waals surface area contributed by atoms with E-state index in [1.54, 1.807) is 0 Å². The van der Waals surface area contributed by atoms with Gasteiger partial charge in [-0.3, -0.25) is 0 Å². The third-order valence-corrected chi connectivity index (χ3v) is 4.22. The molecular weight excluding hydrogens is 277 g/mol. The number of nitrogens with one attached hydrogen (secondary N) is 1. The number of hydrogen-bond acceptors (Lipinski definition) is 2. The van der Waals surface area contributed by atoms with Crippen LogP contribution in [-0.4, -0.2) is 9.75 Å². The van der Waals surface area contributed by atoms with Crippen molar-refractivity contribution in [1.82, 2.24) is 4.72 Å². The Bertz CT molecular complexity index is 573. The number of nitrogens with zero attached hydrogens (tertiary/aromatic N) is 1. The summed E-state index contributed by atoms with van der Waals surface area (Å²) < 4.78 is 53.1. The third-order valence-electron chi connectivity index (χ3n) is 2.89. The van der Waals surface area contributed by atoms with Gasteiger partial charge in [0.1, 0.15) is 16.5 Å². The molecule has 0 amide bonds. The van der Waals surface area contributed by atoms with Crippen molar-refractivity contribution in [3.63, 3.8) is 0 Å². The zero-order valence-corrected chi connectivity index (χ0v) is 10.9. The average molecular weight is 288 g/mol. The van der Waals surface area contributed by atoms with Gasteiger partial charge in [0, 0.05) is 0 Å². The highest BCUT2D eigenvalue weighted by atomic mass is 32.2. The first-order chi connectivity index (χ1) is 8.77. The lowest BCUT2D eigenvalue weighted by atomic mass is 10.1. The Kier molecular flexibility index (Phi) is 3.41. The van der Waals surface area contributed by atoms with Gasteiger partial charge in [-0.15, -0.1) is 0 Å². The summed E-state index contributed by atoms with van der Waals surface area (Å²) in [7, 11) is -2.05. The molecule has 3 nitrogen and oxygen atoms in total. The van der Waals surface area contributed by atoms with E-state index >= 15 is 0 Å². The van der Waals surface area contributed by atoms with Crippen LogP contribution in [0.1, 0.15) is 24.0 Å². The molecule has 0 bridgehead atoms. The molecule has 0 aliphatic heterocycles. The molecule has 1 aliphatic rings. The zero-order chi connectivity index (χ0) is 14.3. The first-order valence-electron chi connectivity index (χ1n) is 5.56. The summed E-state index contributed by atoms with van der Waals surface area (Å²) >= 11 is 0. The van der Waals surface area contributed by atoms with Crippen LogP contribution in [0, 0.1) is 18.3 Å². The molecule has 1 saturated carbocycles. The Hall–Kier alpha value is -1.39. The predicted octanol–water partition coefficient (Wildman–Crippen LogP) is 2.68. The van der Waals surface area contributed by atoms with Crippen molar-refractivity contribution >= 4 is 11.0 Å². The van der Waals surface area contributed by atoms with E-state index in [1.165, 1.54) is 19.1 Å². The summed E-state index contributed by atoms with van der Waals surface area (Å²) in [5, 5.41) is 8.86. The van der Waals surface area contributed by atoms with Crippen LogP contribution in [0.5, 0.6) is 0 Å². The van der Waals surface area contributed by atoms with Gasteiger partial charge in [0.15, 0.2) is 0 Å². The number of halogens is 3. The molecule has 1 atom stereocenters. The van der Waals surface area contributed by atoms with Crippen LogP contribution >= 0.6 is 0 Å². The highest BCUT2D eigenvalue weighted by Crippen LogP contribution is 2.38. The van der Waals surface area contributed by atoms with Crippen molar-refractivity contribution in [1.29, 1.82) is 5.26 Å². The van der Waals surface area contributed by atoms with Crippen LogP contribution in [0.25, 0.3) is 0 Å². The lowest BCUT2D eigenvalue weighted by molar-refractivity contribution is -0.139. The number of rotatable bonds is 3. The maximum absolute atomic E-state index is 12.9. The maximum Gasteiger partial charge on any atom is 0.417 e. The first kappa shape index (κ1) is 14.0. The Morgan fingerprint density at radius 1 is 1.42 bits per heavy atom. The molecule has 0 heterocycles. The van der Waals surface area contributed by atoms with E-state index in [1.807, 2.05) is 6.07 Å². The maximum atomic E-state index is 12.9. The van der Waals surface area contributed by atoms with Crippen molar-refractivity contribution in [2.24, 2.45) is 0 Å². The van der Waals surface area contributed by atoms with Gasteiger partial charge in [-0.05, 0) is 31.9 Å². The molecule has 1 fully saturated rings. The van der Waals surface area contributed by atoms with E-state index in [-0.39, 0.29) is 4.90 Å². The minimum atomic E-state index is -4.57. The Labute approximate surface area is 111 Å². The minimum absolute atomic E-state index is 0.334. The van der Waals surface area contributed by atoms with Crippen LogP contribution < -0.4 is 4.72 Å². The second-order valence-corrected chi connectivity index (χ2v) is 5.74. The fourth-order valence-electron chi connectivity index (χ4n) is 1.62. The summed E-state index contributed by atoms with van der Waals surface area (Å²) in [6.45, 7) is 1.53. The normalized spacial score (nSPS) is 18.7. The molecule has 1 unspecified atom stereocenters. The largest absolute Gasteiger partial charge is 0.417 e. The molecule has 1 N–H and O–H groups in total. The molecule has 0 spiro atoms. The molecule has 1 aromatic carbocycles. The lowest BCUT2D eigenvalue weighted by Crippen LogP contribution is -2.32. The third kappa shape index (κ3) is 2.96. The zero-order valence-electron chi connectivity index (χ0n) is 10.0. The van der Waals surface area contributed by atoms with E-state index in [0.29, 0.717) is 18.4 Å². The van der Waals surface area contributed by atoms with Crippen LogP contribution in [0.15, 0.2) is 23.1 Å². The quantitative estimate of drug-likeness (QED) is 0.929. The molecule has 2 rings (SSSR count). The molecule has 1 aromatic rings. The van der Waals surface area contributed by atoms with Gasteiger partial charge in [-0.1, -0.05) is 11.6 Å². The van der Waals surface area contributed by atoms with Crippen molar-refractivity contribution in [2.45, 2.75) is 36.4 Å². The van der Waals surface area contributed by atoms with Crippen molar-refractivity contribution in [2.75, 3.05) is 0 Å². The summed E-state index contributed by atoms with van der Waals surface area (Å²) in [5.74, 6) is 0. The van der Waals surface area contributed by atoms with E-state index in [0.717, 1.165) is 6.07 Å². The van der Waals surface area contributed by atoms with Gasteiger partial charge in [0.25, 0.3) is 0 Å². The van der Waals surface area contributed by atoms with Gasteiger partial charge < -0.3 is 0 Å². The number of benzene rings is 1. The summed E-state index contributed by atoms with van der Waals surface area (Å²) in [5.41, 5.74) is -1.42. The summed E-state index contributed by atoms with van der Waals surface area (Å²) in [6, 6.07) is 5.55.